The lowest BCUT2D eigenvalue weighted by molar-refractivity contribution is 1.50. The predicted octanol–water partition coefficient (Wildman–Crippen LogP) is 5.97. The van der Waals surface area contributed by atoms with Gasteiger partial charge < -0.3 is 0 Å². The molecule has 0 aliphatic rings. The molecule has 0 spiro atoms. The van der Waals surface area contributed by atoms with Crippen LogP contribution in [-0.2, 0) is 0 Å². The molecule has 19 heavy (non-hydrogen) atoms. The molecule has 0 aliphatic carbocycles. The zero-order valence-electron chi connectivity index (χ0n) is 10.5. The van der Waals surface area contributed by atoms with Gasteiger partial charge in [0.2, 0.25) is 0 Å². The third-order valence-corrected chi connectivity index (χ3v) is 4.70. The summed E-state index contributed by atoms with van der Waals surface area (Å²) in [6.07, 6.45) is 0. The van der Waals surface area contributed by atoms with E-state index in [1.54, 1.807) is 11.3 Å². The van der Waals surface area contributed by atoms with Crippen molar-refractivity contribution in [1.82, 2.24) is 0 Å². The van der Waals surface area contributed by atoms with E-state index in [0.717, 1.165) is 29.1 Å². The molecular weight excluding hydrogens is 388 g/mol. The summed E-state index contributed by atoms with van der Waals surface area (Å²) in [6.45, 7) is 4.00. The molecule has 3 aromatic rings. The lowest BCUT2D eigenvalue weighted by atomic mass is 10.2. The van der Waals surface area contributed by atoms with Gasteiger partial charge in [-0.05, 0) is 36.4 Å². The first-order chi connectivity index (χ1) is 9.15. The average Bonchev–Trinajstić information content (AvgIpc) is 2.40. The standard InChI is InChI=1S/C13H6Br2OS.C2H6/c14-7-1-3-9-11(5-7)17-12-6-8(15)2-4-10(12)13(9)16;1-2/h1-6H;1-2H3. The molecule has 98 valence electrons. The molecule has 3 rings (SSSR count). The molecule has 0 aliphatic heterocycles. The number of hydrogen-bond donors (Lipinski definition) is 0. The van der Waals surface area contributed by atoms with E-state index in [1.165, 1.54) is 0 Å². The Morgan fingerprint density at radius 3 is 1.68 bits per heavy atom. The molecule has 0 amide bonds. The maximum atomic E-state index is 12.3. The van der Waals surface area contributed by atoms with Crippen molar-refractivity contribution >= 4 is 63.4 Å². The van der Waals surface area contributed by atoms with Gasteiger partial charge in [0.1, 0.15) is 0 Å². The van der Waals surface area contributed by atoms with Crippen molar-refractivity contribution in [2.24, 2.45) is 0 Å². The largest absolute Gasteiger partial charge is 0.289 e. The number of halogens is 2. The second-order valence-electron chi connectivity index (χ2n) is 3.71. The summed E-state index contributed by atoms with van der Waals surface area (Å²) in [5, 5.41) is 1.57. The Labute approximate surface area is 132 Å². The van der Waals surface area contributed by atoms with Crippen LogP contribution >= 0.6 is 43.2 Å². The zero-order chi connectivity index (χ0) is 14.0. The summed E-state index contributed by atoms with van der Waals surface area (Å²) in [4.78, 5) is 12.3. The Hall–Kier alpha value is -0.710. The molecule has 1 aromatic heterocycles. The Morgan fingerprint density at radius 2 is 1.26 bits per heavy atom. The molecule has 0 bridgehead atoms. The normalized spacial score (nSPS) is 10.3. The molecule has 4 heteroatoms. The van der Waals surface area contributed by atoms with Gasteiger partial charge in [0.25, 0.3) is 0 Å². The van der Waals surface area contributed by atoms with Gasteiger partial charge in [0.15, 0.2) is 5.43 Å². The van der Waals surface area contributed by atoms with Gasteiger partial charge in [-0.15, -0.1) is 11.3 Å². The Bertz CT molecular complexity index is 730. The van der Waals surface area contributed by atoms with E-state index in [9.17, 15) is 4.79 Å². The molecule has 2 aromatic carbocycles. The second kappa shape index (κ2) is 6.16. The summed E-state index contributed by atoms with van der Waals surface area (Å²) < 4.78 is 4.01. The highest BCUT2D eigenvalue weighted by Crippen LogP contribution is 2.28. The maximum Gasteiger partial charge on any atom is 0.195 e. The number of fused-ring (bicyclic) bond motifs is 2. The fraction of sp³-hybridized carbons (Fsp3) is 0.133. The monoisotopic (exact) mass is 398 g/mol. The van der Waals surface area contributed by atoms with E-state index < -0.39 is 0 Å². The predicted molar refractivity (Wildman–Crippen MR) is 92.3 cm³/mol. The fourth-order valence-corrected chi connectivity index (χ4v) is 3.98. The summed E-state index contributed by atoms with van der Waals surface area (Å²) in [7, 11) is 0. The van der Waals surface area contributed by atoms with Gasteiger partial charge >= 0.3 is 0 Å². The first kappa shape index (κ1) is 14.7. The van der Waals surface area contributed by atoms with E-state index in [2.05, 4.69) is 31.9 Å². The van der Waals surface area contributed by atoms with Gasteiger partial charge in [-0.25, -0.2) is 0 Å². The minimum atomic E-state index is 0.105. The third kappa shape index (κ3) is 2.91. The topological polar surface area (TPSA) is 17.1 Å². The first-order valence-electron chi connectivity index (χ1n) is 5.97. The Kier molecular flexibility index (Phi) is 4.76. The number of rotatable bonds is 0. The highest BCUT2D eigenvalue weighted by atomic mass is 79.9. The molecule has 0 saturated heterocycles. The summed E-state index contributed by atoms with van der Waals surface area (Å²) >= 11 is 8.50. The first-order valence-corrected chi connectivity index (χ1v) is 8.37. The molecule has 0 saturated carbocycles. The SMILES string of the molecule is CC.O=c1c2ccc(Br)cc2sc2cc(Br)ccc12. The van der Waals surface area contributed by atoms with Crippen molar-refractivity contribution in [2.45, 2.75) is 13.8 Å². The minimum absolute atomic E-state index is 0.105. The van der Waals surface area contributed by atoms with Crippen molar-refractivity contribution in [1.29, 1.82) is 0 Å². The summed E-state index contributed by atoms with van der Waals surface area (Å²) in [5.74, 6) is 0. The van der Waals surface area contributed by atoms with E-state index >= 15 is 0 Å². The highest BCUT2D eigenvalue weighted by molar-refractivity contribution is 9.10. The van der Waals surface area contributed by atoms with Crippen LogP contribution < -0.4 is 5.43 Å². The van der Waals surface area contributed by atoms with Crippen LogP contribution in [-0.4, -0.2) is 0 Å². The fourth-order valence-electron chi connectivity index (χ4n) is 1.80. The van der Waals surface area contributed by atoms with Crippen LogP contribution in [0.5, 0.6) is 0 Å². The van der Waals surface area contributed by atoms with Crippen molar-refractivity contribution < 1.29 is 0 Å². The quantitative estimate of drug-likeness (QED) is 0.426. The van der Waals surface area contributed by atoms with Gasteiger partial charge in [-0.2, -0.15) is 0 Å². The molecule has 0 radical (unpaired) electrons. The van der Waals surface area contributed by atoms with E-state index in [0.29, 0.717) is 0 Å². The molecule has 1 heterocycles. The maximum absolute atomic E-state index is 12.3. The van der Waals surface area contributed by atoms with Crippen LogP contribution in [0, 0.1) is 0 Å². The van der Waals surface area contributed by atoms with Crippen molar-refractivity contribution in [3.63, 3.8) is 0 Å². The number of benzene rings is 2. The van der Waals surface area contributed by atoms with Crippen molar-refractivity contribution in [3.8, 4) is 0 Å². The minimum Gasteiger partial charge on any atom is -0.289 e. The van der Waals surface area contributed by atoms with Crippen LogP contribution in [0.15, 0.2) is 50.1 Å². The third-order valence-electron chi connectivity index (χ3n) is 2.60. The van der Waals surface area contributed by atoms with Crippen LogP contribution in [0.2, 0.25) is 0 Å². The average molecular weight is 400 g/mol. The van der Waals surface area contributed by atoms with Crippen LogP contribution in [0.1, 0.15) is 13.8 Å². The highest BCUT2D eigenvalue weighted by Gasteiger charge is 2.06. The molecular formula is C15H12Br2OS. The molecule has 0 atom stereocenters. The Morgan fingerprint density at radius 1 is 0.842 bits per heavy atom. The lowest BCUT2D eigenvalue weighted by Crippen LogP contribution is -2.00. The smallest absolute Gasteiger partial charge is 0.195 e. The summed E-state index contributed by atoms with van der Waals surface area (Å²) in [6, 6.07) is 11.5. The van der Waals surface area contributed by atoms with E-state index in [4.69, 9.17) is 0 Å². The van der Waals surface area contributed by atoms with Gasteiger partial charge in [0, 0.05) is 29.1 Å². The van der Waals surface area contributed by atoms with Crippen LogP contribution in [0.3, 0.4) is 0 Å². The molecule has 0 N–H and O–H groups in total. The van der Waals surface area contributed by atoms with Gasteiger partial charge in [-0.1, -0.05) is 45.7 Å². The van der Waals surface area contributed by atoms with Gasteiger partial charge in [0.05, 0.1) is 0 Å². The van der Waals surface area contributed by atoms with Crippen molar-refractivity contribution in [2.75, 3.05) is 0 Å². The lowest BCUT2D eigenvalue weighted by Gasteiger charge is -2.01. The molecule has 0 unspecified atom stereocenters. The molecule has 1 nitrogen and oxygen atoms in total. The molecule has 0 fully saturated rings. The van der Waals surface area contributed by atoms with Crippen molar-refractivity contribution in [3.05, 3.63) is 55.6 Å². The van der Waals surface area contributed by atoms with E-state index in [1.807, 2.05) is 50.2 Å². The Balaban J connectivity index is 0.000000637. The van der Waals surface area contributed by atoms with E-state index in [-0.39, 0.29) is 5.43 Å². The van der Waals surface area contributed by atoms with Crippen LogP contribution in [0.25, 0.3) is 20.2 Å². The second-order valence-corrected chi connectivity index (χ2v) is 6.63. The van der Waals surface area contributed by atoms with Gasteiger partial charge in [-0.3, -0.25) is 4.79 Å². The summed E-state index contributed by atoms with van der Waals surface area (Å²) in [5.41, 5.74) is 0.105. The zero-order valence-corrected chi connectivity index (χ0v) is 14.5. The number of hydrogen-bond acceptors (Lipinski definition) is 2. The van der Waals surface area contributed by atoms with Crippen LogP contribution in [0.4, 0.5) is 0 Å².